The zero-order valence-electron chi connectivity index (χ0n) is 17.8. The maximum absolute atomic E-state index is 13.2. The first-order valence-electron chi connectivity index (χ1n) is 11.1. The molecule has 0 spiro atoms. The Bertz CT molecular complexity index is 1140. The van der Waals surface area contributed by atoms with Crippen LogP contribution >= 0.6 is 15.9 Å². The first-order valence-corrected chi connectivity index (χ1v) is 11.8. The second kappa shape index (κ2) is 8.06. The lowest BCUT2D eigenvalue weighted by Gasteiger charge is -2.47. The number of likely N-dealkylation sites (tertiary alicyclic amines) is 1. The second-order valence-corrected chi connectivity index (χ2v) is 9.86. The lowest BCUT2D eigenvalue weighted by atomic mass is 9.71. The van der Waals surface area contributed by atoms with E-state index in [-0.39, 0.29) is 17.6 Å². The number of nitrogens with zero attached hydrogens (tertiary/aromatic N) is 1. The van der Waals surface area contributed by atoms with Crippen LogP contribution in [-0.4, -0.2) is 34.9 Å². The Morgan fingerprint density at radius 3 is 2.81 bits per heavy atom. The van der Waals surface area contributed by atoms with Gasteiger partial charge in [0.1, 0.15) is 5.82 Å². The molecule has 6 heteroatoms. The van der Waals surface area contributed by atoms with E-state index in [1.807, 2.05) is 0 Å². The molecule has 1 amide bonds. The third-order valence-electron chi connectivity index (χ3n) is 6.94. The Labute approximate surface area is 190 Å². The van der Waals surface area contributed by atoms with E-state index in [2.05, 4.69) is 57.1 Å². The van der Waals surface area contributed by atoms with Crippen molar-refractivity contribution < 1.29 is 9.18 Å². The van der Waals surface area contributed by atoms with Crippen molar-refractivity contribution in [2.45, 2.75) is 45.1 Å². The van der Waals surface area contributed by atoms with Gasteiger partial charge in [-0.05, 0) is 80.3 Å². The predicted molar refractivity (Wildman–Crippen MR) is 126 cm³/mol. The molecule has 162 valence electrons. The minimum absolute atomic E-state index is 0.0217. The summed E-state index contributed by atoms with van der Waals surface area (Å²) in [5.41, 5.74) is 5.85. The van der Waals surface area contributed by atoms with Crippen molar-refractivity contribution in [2.24, 2.45) is 5.92 Å². The number of carbonyl (C=O) groups is 1. The lowest BCUT2D eigenvalue weighted by molar-refractivity contribution is -0.122. The van der Waals surface area contributed by atoms with Crippen LogP contribution in [0.15, 0.2) is 40.9 Å². The summed E-state index contributed by atoms with van der Waals surface area (Å²) in [5.74, 6) is -0.0694. The summed E-state index contributed by atoms with van der Waals surface area (Å²) < 4.78 is 14.3. The van der Waals surface area contributed by atoms with Crippen LogP contribution in [-0.2, 0) is 11.2 Å². The number of benzene rings is 2. The van der Waals surface area contributed by atoms with E-state index >= 15 is 0 Å². The summed E-state index contributed by atoms with van der Waals surface area (Å²) in [7, 11) is 0. The highest BCUT2D eigenvalue weighted by Gasteiger charge is 2.43. The summed E-state index contributed by atoms with van der Waals surface area (Å²) in [6, 6.07) is 10.8. The van der Waals surface area contributed by atoms with E-state index in [1.54, 1.807) is 12.1 Å². The number of H-pyrrole nitrogens is 1. The molecule has 3 aromatic rings. The topological polar surface area (TPSA) is 48.1 Å². The maximum atomic E-state index is 13.2. The Hall–Kier alpha value is -2.18. The number of hydrogen-bond donors (Lipinski definition) is 2. The molecule has 2 aromatic carbocycles. The summed E-state index contributed by atoms with van der Waals surface area (Å²) in [6.07, 6.45) is 2.91. The molecule has 1 fully saturated rings. The Morgan fingerprint density at radius 1 is 1.29 bits per heavy atom. The van der Waals surface area contributed by atoms with Gasteiger partial charge >= 0.3 is 0 Å². The third-order valence-corrected chi connectivity index (χ3v) is 7.40. The average molecular weight is 484 g/mol. The van der Waals surface area contributed by atoms with Crippen molar-refractivity contribution >= 4 is 38.4 Å². The van der Waals surface area contributed by atoms with Gasteiger partial charge in [-0.3, -0.25) is 9.69 Å². The number of anilines is 1. The van der Waals surface area contributed by atoms with Crippen LogP contribution in [0.3, 0.4) is 0 Å². The van der Waals surface area contributed by atoms with Gasteiger partial charge in [0.2, 0.25) is 5.91 Å². The molecule has 1 aromatic heterocycles. The van der Waals surface area contributed by atoms with Gasteiger partial charge in [-0.1, -0.05) is 22.9 Å². The molecule has 5 rings (SSSR count). The van der Waals surface area contributed by atoms with E-state index in [0.29, 0.717) is 17.6 Å². The largest absolute Gasteiger partial charge is 0.358 e. The van der Waals surface area contributed by atoms with E-state index in [4.69, 9.17) is 0 Å². The molecule has 1 aliphatic carbocycles. The van der Waals surface area contributed by atoms with Crippen molar-refractivity contribution in [1.82, 2.24) is 9.88 Å². The van der Waals surface area contributed by atoms with Crippen molar-refractivity contribution in [1.29, 1.82) is 0 Å². The van der Waals surface area contributed by atoms with Gasteiger partial charge in [0.15, 0.2) is 0 Å². The lowest BCUT2D eigenvalue weighted by Crippen LogP contribution is -2.52. The number of fused-ring (bicyclic) bond motifs is 2. The van der Waals surface area contributed by atoms with Gasteiger partial charge in [-0.15, -0.1) is 0 Å². The normalized spacial score (nSPS) is 23.0. The minimum Gasteiger partial charge on any atom is -0.358 e. The fourth-order valence-corrected chi connectivity index (χ4v) is 6.09. The third kappa shape index (κ3) is 3.70. The molecule has 0 unspecified atom stereocenters. The molecule has 2 N–H and O–H groups in total. The van der Waals surface area contributed by atoms with E-state index < -0.39 is 0 Å². The highest BCUT2D eigenvalue weighted by Crippen LogP contribution is 2.46. The number of aromatic nitrogens is 1. The van der Waals surface area contributed by atoms with Gasteiger partial charge in [0, 0.05) is 45.3 Å². The van der Waals surface area contributed by atoms with Crippen molar-refractivity contribution in [3.8, 4) is 0 Å². The van der Waals surface area contributed by atoms with Gasteiger partial charge in [0.05, 0.1) is 5.92 Å². The van der Waals surface area contributed by atoms with Crippen molar-refractivity contribution in [2.75, 3.05) is 18.4 Å². The first kappa shape index (κ1) is 20.7. The summed E-state index contributed by atoms with van der Waals surface area (Å²) in [6.45, 7) is 6.11. The molecule has 31 heavy (non-hydrogen) atoms. The monoisotopic (exact) mass is 483 g/mol. The standard InChI is InChI=1S/C25H27BrFN3O/c1-3-8-30-13-15(25(31)29-18-6-4-17(27)5-7-18)9-20-21-10-16(26)11-22-24(21)19(12-23(20)30)14(2)28-22/h4-7,10-11,15,20,23,28H,3,8-9,12-13H2,1-2H3,(H,29,31)/t15-,20-,23-/m1/s1. The van der Waals surface area contributed by atoms with Crippen LogP contribution in [0.5, 0.6) is 0 Å². The van der Waals surface area contributed by atoms with Gasteiger partial charge in [-0.25, -0.2) is 4.39 Å². The number of hydrogen-bond acceptors (Lipinski definition) is 2. The number of nitrogens with one attached hydrogen (secondary N) is 2. The number of piperidine rings is 1. The van der Waals surface area contributed by atoms with Crippen LogP contribution in [0.25, 0.3) is 10.9 Å². The molecule has 0 saturated carbocycles. The van der Waals surface area contributed by atoms with Crippen molar-refractivity contribution in [3.63, 3.8) is 0 Å². The van der Waals surface area contributed by atoms with Gasteiger partial charge in [-0.2, -0.15) is 0 Å². The molecule has 1 aliphatic heterocycles. The number of aryl methyl sites for hydroxylation is 1. The smallest absolute Gasteiger partial charge is 0.228 e. The van der Waals surface area contributed by atoms with Gasteiger partial charge in [0.25, 0.3) is 0 Å². The maximum Gasteiger partial charge on any atom is 0.228 e. The summed E-state index contributed by atoms with van der Waals surface area (Å²) >= 11 is 3.70. The molecule has 1 saturated heterocycles. The Balaban J connectivity index is 1.49. The molecular weight excluding hydrogens is 457 g/mol. The molecule has 0 radical (unpaired) electrons. The second-order valence-electron chi connectivity index (χ2n) is 8.95. The van der Waals surface area contributed by atoms with Crippen LogP contribution in [0.1, 0.15) is 42.5 Å². The van der Waals surface area contributed by atoms with Crippen molar-refractivity contribution in [3.05, 3.63) is 63.5 Å². The molecule has 3 atom stereocenters. The average Bonchev–Trinajstić information content (AvgIpc) is 3.05. The van der Waals surface area contributed by atoms with E-state index in [9.17, 15) is 9.18 Å². The zero-order valence-corrected chi connectivity index (χ0v) is 19.4. The number of carbonyl (C=O) groups excluding carboxylic acids is 1. The molecular formula is C25H27BrFN3O. The SMILES string of the molecule is CCCN1C[C@H](C(=O)Nc2ccc(F)cc2)C[C@@H]2c3cc(Br)cc4[nH]c(C)c(c34)C[C@H]21. The summed E-state index contributed by atoms with van der Waals surface area (Å²) in [5, 5.41) is 4.35. The minimum atomic E-state index is -0.300. The van der Waals surface area contributed by atoms with Crippen LogP contribution in [0.4, 0.5) is 10.1 Å². The number of amides is 1. The van der Waals surface area contributed by atoms with E-state index in [0.717, 1.165) is 36.8 Å². The highest BCUT2D eigenvalue weighted by atomic mass is 79.9. The zero-order chi connectivity index (χ0) is 21.7. The first-order chi connectivity index (χ1) is 14.9. The molecule has 2 heterocycles. The number of rotatable bonds is 4. The summed E-state index contributed by atoms with van der Waals surface area (Å²) in [4.78, 5) is 19.3. The molecule has 0 bridgehead atoms. The highest BCUT2D eigenvalue weighted by molar-refractivity contribution is 9.10. The number of halogens is 2. The Kier molecular flexibility index (Phi) is 5.39. The molecule has 4 nitrogen and oxygen atoms in total. The predicted octanol–water partition coefficient (Wildman–Crippen LogP) is 5.76. The quantitative estimate of drug-likeness (QED) is 0.495. The number of aromatic amines is 1. The fraction of sp³-hybridized carbons (Fsp3) is 0.400. The molecule has 2 aliphatic rings. The van der Waals surface area contributed by atoms with E-state index in [1.165, 1.54) is 39.9 Å². The van der Waals surface area contributed by atoms with Crippen LogP contribution < -0.4 is 5.32 Å². The fourth-order valence-electron chi connectivity index (χ4n) is 5.61. The van der Waals surface area contributed by atoms with Crippen LogP contribution in [0.2, 0.25) is 0 Å². The van der Waals surface area contributed by atoms with Gasteiger partial charge < -0.3 is 10.3 Å². The van der Waals surface area contributed by atoms with Crippen LogP contribution in [0, 0.1) is 18.7 Å². The Morgan fingerprint density at radius 2 is 2.06 bits per heavy atom.